The highest BCUT2D eigenvalue weighted by Crippen LogP contribution is 2.68. The van der Waals surface area contributed by atoms with Crippen LogP contribution in [0.15, 0.2) is 11.6 Å². The summed E-state index contributed by atoms with van der Waals surface area (Å²) in [5, 5.41) is 10.7. The van der Waals surface area contributed by atoms with Crippen LogP contribution in [0.3, 0.4) is 0 Å². The molecule has 32 heavy (non-hydrogen) atoms. The van der Waals surface area contributed by atoms with Gasteiger partial charge in [0.15, 0.2) is 0 Å². The van der Waals surface area contributed by atoms with E-state index in [0.29, 0.717) is 41.9 Å². The second kappa shape index (κ2) is 8.02. The van der Waals surface area contributed by atoms with E-state index in [1.807, 2.05) is 6.92 Å². The number of hydrogen-bond acceptors (Lipinski definition) is 1. The van der Waals surface area contributed by atoms with Gasteiger partial charge in [-0.2, -0.15) is 13.2 Å². The highest BCUT2D eigenvalue weighted by atomic mass is 19.4. The summed E-state index contributed by atoms with van der Waals surface area (Å²) in [5.41, 5.74) is 1.41. The van der Waals surface area contributed by atoms with Gasteiger partial charge in [0, 0.05) is 0 Å². The minimum Gasteiger partial charge on any atom is -0.390 e. The van der Waals surface area contributed by atoms with Crippen LogP contribution in [-0.2, 0) is 0 Å². The molecule has 0 amide bonds. The molecule has 3 fully saturated rings. The highest BCUT2D eigenvalue weighted by Gasteiger charge is 2.61. The standard InChI is InChI=1S/C28H45F3O/c1-17(7-8-19(3)28(29,30)31)21-9-10-22-24-18(2)15-20-16-25(4,32)13-14-26(20,5)23(24)11-12-27(21,22)6/h15,17-19,21-24,32H,7-14,16H2,1-6H3/t17?,18?,19?,21-,22?,23?,24?,25+,26?,27?/m1/s1. The van der Waals surface area contributed by atoms with Gasteiger partial charge in [-0.3, -0.25) is 0 Å². The SMILES string of the molecule is CC1C=C2C[C@@](C)(O)CCC2(C)C2CCC3(C)C(CC[C@@H]3C(C)CCC(C)C(F)(F)F)C12. The molecule has 4 heteroatoms. The Hall–Kier alpha value is -0.510. The lowest BCUT2D eigenvalue weighted by Gasteiger charge is -2.60. The monoisotopic (exact) mass is 454 g/mol. The lowest BCUT2D eigenvalue weighted by Crippen LogP contribution is -2.54. The Labute approximate surface area is 193 Å². The minimum atomic E-state index is -4.07. The molecule has 0 aromatic heterocycles. The number of hydrogen-bond donors (Lipinski definition) is 1. The molecule has 3 saturated carbocycles. The van der Waals surface area contributed by atoms with E-state index in [-0.39, 0.29) is 17.3 Å². The Morgan fingerprint density at radius 3 is 2.34 bits per heavy atom. The predicted molar refractivity (Wildman–Crippen MR) is 124 cm³/mol. The van der Waals surface area contributed by atoms with Crippen LogP contribution in [0.5, 0.6) is 0 Å². The van der Waals surface area contributed by atoms with E-state index < -0.39 is 17.7 Å². The largest absolute Gasteiger partial charge is 0.391 e. The van der Waals surface area contributed by atoms with Crippen molar-refractivity contribution in [3.8, 4) is 0 Å². The maximum Gasteiger partial charge on any atom is 0.391 e. The average molecular weight is 455 g/mol. The normalized spacial score (nSPS) is 48.3. The number of allylic oxidation sites excluding steroid dienone is 1. The van der Waals surface area contributed by atoms with Crippen LogP contribution in [-0.4, -0.2) is 16.9 Å². The van der Waals surface area contributed by atoms with Crippen molar-refractivity contribution in [2.75, 3.05) is 0 Å². The van der Waals surface area contributed by atoms with Gasteiger partial charge in [-0.05, 0) is 111 Å². The van der Waals surface area contributed by atoms with Gasteiger partial charge in [-0.1, -0.05) is 46.3 Å². The molecule has 0 saturated heterocycles. The van der Waals surface area contributed by atoms with E-state index in [1.165, 1.54) is 38.2 Å². The van der Waals surface area contributed by atoms with Gasteiger partial charge in [-0.15, -0.1) is 0 Å². The number of rotatable bonds is 4. The highest BCUT2D eigenvalue weighted by molar-refractivity contribution is 5.28. The summed E-state index contributed by atoms with van der Waals surface area (Å²) in [7, 11) is 0. The average Bonchev–Trinajstić information content (AvgIpc) is 3.03. The summed E-state index contributed by atoms with van der Waals surface area (Å²) in [5.74, 6) is 2.28. The van der Waals surface area contributed by atoms with Crippen LogP contribution in [0.25, 0.3) is 0 Å². The van der Waals surface area contributed by atoms with Crippen LogP contribution in [0.4, 0.5) is 13.2 Å². The second-order valence-electron chi connectivity index (χ2n) is 13.2. The number of aliphatic hydroxyl groups is 1. The van der Waals surface area contributed by atoms with Crippen molar-refractivity contribution in [2.45, 2.75) is 111 Å². The van der Waals surface area contributed by atoms with Gasteiger partial charge >= 0.3 is 6.18 Å². The van der Waals surface area contributed by atoms with Crippen molar-refractivity contribution in [1.82, 2.24) is 0 Å². The predicted octanol–water partition coefficient (Wildman–Crippen LogP) is 8.18. The summed E-state index contributed by atoms with van der Waals surface area (Å²) in [6.45, 7) is 12.9. The molecule has 1 N–H and O–H groups in total. The fraction of sp³-hybridized carbons (Fsp3) is 0.929. The van der Waals surface area contributed by atoms with Crippen molar-refractivity contribution < 1.29 is 18.3 Å². The van der Waals surface area contributed by atoms with Gasteiger partial charge in [0.25, 0.3) is 0 Å². The zero-order valence-corrected chi connectivity index (χ0v) is 21.1. The van der Waals surface area contributed by atoms with Gasteiger partial charge in [0.2, 0.25) is 0 Å². The molecule has 0 radical (unpaired) electrons. The van der Waals surface area contributed by atoms with Gasteiger partial charge in [-0.25, -0.2) is 0 Å². The van der Waals surface area contributed by atoms with Crippen molar-refractivity contribution >= 4 is 0 Å². The molecule has 10 atom stereocenters. The molecule has 0 spiro atoms. The van der Waals surface area contributed by atoms with E-state index in [0.717, 1.165) is 19.3 Å². The molecule has 4 aliphatic rings. The molecule has 0 bridgehead atoms. The molecule has 0 aliphatic heterocycles. The zero-order chi connectivity index (χ0) is 23.7. The van der Waals surface area contributed by atoms with E-state index in [9.17, 15) is 18.3 Å². The van der Waals surface area contributed by atoms with Gasteiger partial charge in [0.05, 0.1) is 11.5 Å². The van der Waals surface area contributed by atoms with Crippen molar-refractivity contribution in [3.63, 3.8) is 0 Å². The van der Waals surface area contributed by atoms with Crippen LogP contribution >= 0.6 is 0 Å². The summed E-state index contributed by atoms with van der Waals surface area (Å²) in [4.78, 5) is 0. The first-order valence-electron chi connectivity index (χ1n) is 13.2. The van der Waals surface area contributed by atoms with E-state index >= 15 is 0 Å². The van der Waals surface area contributed by atoms with E-state index in [1.54, 1.807) is 0 Å². The molecule has 0 aromatic carbocycles. The Bertz CT molecular complexity index is 739. The summed E-state index contributed by atoms with van der Waals surface area (Å²) in [6, 6.07) is 0. The third kappa shape index (κ3) is 3.99. The maximum absolute atomic E-state index is 13.0. The molecule has 0 aromatic rings. The lowest BCUT2D eigenvalue weighted by atomic mass is 9.44. The molecule has 1 nitrogen and oxygen atoms in total. The molecule has 4 aliphatic carbocycles. The summed E-state index contributed by atoms with van der Waals surface area (Å²) < 4.78 is 39.1. The summed E-state index contributed by atoms with van der Waals surface area (Å²) in [6.07, 6.45) is 7.05. The smallest absolute Gasteiger partial charge is 0.390 e. The third-order valence-electron chi connectivity index (χ3n) is 11.1. The Kier molecular flexibility index (Phi) is 6.17. The molecular weight excluding hydrogens is 409 g/mol. The van der Waals surface area contributed by atoms with Crippen LogP contribution in [0, 0.1) is 52.3 Å². The van der Waals surface area contributed by atoms with Gasteiger partial charge < -0.3 is 5.11 Å². The molecule has 0 heterocycles. The van der Waals surface area contributed by atoms with Crippen LogP contribution in [0.2, 0.25) is 0 Å². The lowest BCUT2D eigenvalue weighted by molar-refractivity contribution is -0.172. The maximum atomic E-state index is 13.0. The zero-order valence-electron chi connectivity index (χ0n) is 21.1. The minimum absolute atomic E-state index is 0.215. The third-order valence-corrected chi connectivity index (χ3v) is 11.1. The Balaban J connectivity index is 1.53. The fourth-order valence-corrected chi connectivity index (χ4v) is 9.02. The Morgan fingerprint density at radius 1 is 1.00 bits per heavy atom. The van der Waals surface area contributed by atoms with E-state index in [2.05, 4.69) is 33.8 Å². The molecule has 8 unspecified atom stereocenters. The molecule has 4 rings (SSSR count). The quantitative estimate of drug-likeness (QED) is 0.425. The van der Waals surface area contributed by atoms with Crippen molar-refractivity contribution in [1.29, 1.82) is 0 Å². The first kappa shape index (κ1) is 24.6. The van der Waals surface area contributed by atoms with Crippen LogP contribution in [0.1, 0.15) is 99.3 Å². The number of fused-ring (bicyclic) bond motifs is 5. The van der Waals surface area contributed by atoms with Crippen molar-refractivity contribution in [3.05, 3.63) is 11.6 Å². The van der Waals surface area contributed by atoms with Crippen molar-refractivity contribution in [2.24, 2.45) is 52.3 Å². The summed E-state index contributed by atoms with van der Waals surface area (Å²) >= 11 is 0. The first-order valence-corrected chi connectivity index (χ1v) is 13.2. The van der Waals surface area contributed by atoms with E-state index in [4.69, 9.17) is 0 Å². The number of alkyl halides is 3. The molecular formula is C28H45F3O. The Morgan fingerprint density at radius 2 is 1.69 bits per heavy atom. The van der Waals surface area contributed by atoms with Crippen LogP contribution < -0.4 is 0 Å². The number of halogens is 3. The van der Waals surface area contributed by atoms with Gasteiger partial charge in [0.1, 0.15) is 0 Å². The first-order chi connectivity index (χ1) is 14.7. The second-order valence-corrected chi connectivity index (χ2v) is 13.2. The molecule has 184 valence electrons. The fourth-order valence-electron chi connectivity index (χ4n) is 9.02. The topological polar surface area (TPSA) is 20.2 Å².